The highest BCUT2D eigenvalue weighted by Crippen LogP contribution is 2.38. The van der Waals surface area contributed by atoms with Crippen molar-refractivity contribution in [2.24, 2.45) is 10.9 Å². The predicted octanol–water partition coefficient (Wildman–Crippen LogP) is 3.89. The summed E-state index contributed by atoms with van der Waals surface area (Å²) in [6.07, 6.45) is 8.10. The van der Waals surface area contributed by atoms with Crippen LogP contribution in [0.15, 0.2) is 40.8 Å². The minimum atomic E-state index is -0.331. The van der Waals surface area contributed by atoms with Gasteiger partial charge in [0.1, 0.15) is 5.82 Å². The lowest BCUT2D eigenvalue weighted by molar-refractivity contribution is -0.384. The highest BCUT2D eigenvalue weighted by atomic mass is 16.6. The Labute approximate surface area is 148 Å². The van der Waals surface area contributed by atoms with Crippen molar-refractivity contribution < 1.29 is 4.92 Å². The molecule has 1 saturated carbocycles. The first-order valence-electron chi connectivity index (χ1n) is 9.14. The Morgan fingerprint density at radius 3 is 2.96 bits per heavy atom. The Hall–Kier alpha value is -2.37. The van der Waals surface area contributed by atoms with Gasteiger partial charge in [0.25, 0.3) is 5.69 Å². The summed E-state index contributed by atoms with van der Waals surface area (Å²) >= 11 is 0. The van der Waals surface area contributed by atoms with Crippen LogP contribution in [0, 0.1) is 16.0 Å². The van der Waals surface area contributed by atoms with Crippen LogP contribution >= 0.6 is 0 Å². The van der Waals surface area contributed by atoms with E-state index in [2.05, 4.69) is 21.7 Å². The highest BCUT2D eigenvalue weighted by molar-refractivity contribution is 5.67. The number of hydrogen-bond acceptors (Lipinski definition) is 5. The van der Waals surface area contributed by atoms with Gasteiger partial charge in [0.15, 0.2) is 0 Å². The fraction of sp³-hybridized carbons (Fsp3) is 0.526. The van der Waals surface area contributed by atoms with Crippen LogP contribution in [0.1, 0.15) is 44.6 Å². The average Bonchev–Trinajstić information content (AvgIpc) is 3.20. The lowest BCUT2D eigenvalue weighted by Gasteiger charge is -2.39. The van der Waals surface area contributed by atoms with Crippen LogP contribution in [0.4, 0.5) is 5.69 Å². The largest absolute Gasteiger partial charge is 0.351 e. The second-order valence-electron chi connectivity index (χ2n) is 7.35. The van der Waals surface area contributed by atoms with Crippen LogP contribution in [0.5, 0.6) is 0 Å². The summed E-state index contributed by atoms with van der Waals surface area (Å²) in [7, 11) is 0. The van der Waals surface area contributed by atoms with Crippen LogP contribution in [-0.4, -0.2) is 33.6 Å². The molecule has 1 aromatic rings. The average molecular weight is 340 g/mol. The lowest BCUT2D eigenvalue weighted by Crippen LogP contribution is -2.41. The Balaban J connectivity index is 1.54. The fourth-order valence-corrected chi connectivity index (χ4v) is 4.41. The topological polar surface area (TPSA) is 62.0 Å². The number of allylic oxidation sites excluding steroid dienone is 1. The molecule has 0 unspecified atom stereocenters. The third-order valence-corrected chi connectivity index (χ3v) is 5.69. The van der Waals surface area contributed by atoms with Gasteiger partial charge >= 0.3 is 0 Å². The van der Waals surface area contributed by atoms with E-state index in [1.807, 2.05) is 12.3 Å². The molecule has 1 aromatic carbocycles. The van der Waals surface area contributed by atoms with Crippen molar-refractivity contribution in [3.63, 3.8) is 0 Å². The van der Waals surface area contributed by atoms with E-state index in [1.54, 1.807) is 18.2 Å². The molecule has 0 bridgehead atoms. The predicted molar refractivity (Wildman–Crippen MR) is 96.9 cm³/mol. The summed E-state index contributed by atoms with van der Waals surface area (Å²) in [5.74, 6) is 1.77. The maximum absolute atomic E-state index is 11.0. The Morgan fingerprint density at radius 1 is 1.32 bits per heavy atom. The number of nitrogens with zero attached hydrogens (tertiary/aromatic N) is 4. The van der Waals surface area contributed by atoms with Crippen LogP contribution < -0.4 is 0 Å². The number of rotatable bonds is 4. The van der Waals surface area contributed by atoms with Crippen molar-refractivity contribution in [2.45, 2.75) is 51.6 Å². The molecular weight excluding hydrogens is 316 g/mol. The summed E-state index contributed by atoms with van der Waals surface area (Å²) in [6, 6.07) is 7.53. The molecule has 0 aromatic heterocycles. The number of nitro benzene ring substituents is 1. The molecule has 2 atom stereocenters. The van der Waals surface area contributed by atoms with Gasteiger partial charge in [0.2, 0.25) is 0 Å². The fourth-order valence-electron chi connectivity index (χ4n) is 4.41. The normalized spacial score (nSPS) is 25.6. The Morgan fingerprint density at radius 2 is 2.16 bits per heavy atom. The van der Waals surface area contributed by atoms with Gasteiger partial charge in [-0.2, -0.15) is 0 Å². The minimum absolute atomic E-state index is 0.151. The van der Waals surface area contributed by atoms with Crippen LogP contribution in [-0.2, 0) is 6.54 Å². The van der Waals surface area contributed by atoms with Gasteiger partial charge in [-0.25, -0.2) is 4.99 Å². The van der Waals surface area contributed by atoms with Gasteiger partial charge in [-0.1, -0.05) is 31.9 Å². The molecule has 6 heteroatoms. The van der Waals surface area contributed by atoms with E-state index in [9.17, 15) is 10.1 Å². The smallest absolute Gasteiger partial charge is 0.269 e. The summed E-state index contributed by atoms with van der Waals surface area (Å²) in [5, 5.41) is 11.0. The van der Waals surface area contributed by atoms with Gasteiger partial charge < -0.3 is 9.80 Å². The van der Waals surface area contributed by atoms with Crippen molar-refractivity contribution in [3.8, 4) is 0 Å². The van der Waals surface area contributed by atoms with E-state index in [4.69, 9.17) is 0 Å². The van der Waals surface area contributed by atoms with E-state index in [1.165, 1.54) is 31.4 Å². The van der Waals surface area contributed by atoms with Crippen LogP contribution in [0.25, 0.3) is 0 Å². The van der Waals surface area contributed by atoms with Crippen molar-refractivity contribution in [1.29, 1.82) is 0 Å². The summed E-state index contributed by atoms with van der Waals surface area (Å²) in [4.78, 5) is 20.1. The number of non-ortho nitro benzene ring substituents is 1. The van der Waals surface area contributed by atoms with Crippen LogP contribution in [0.3, 0.4) is 0 Å². The van der Waals surface area contributed by atoms with Crippen molar-refractivity contribution in [1.82, 2.24) is 9.80 Å². The van der Waals surface area contributed by atoms with Crippen LogP contribution in [0.2, 0.25) is 0 Å². The summed E-state index contributed by atoms with van der Waals surface area (Å²) in [5.41, 5.74) is 2.45. The molecule has 0 radical (unpaired) electrons. The first-order chi connectivity index (χ1) is 12.1. The molecule has 0 spiro atoms. The molecule has 1 aliphatic carbocycles. The van der Waals surface area contributed by atoms with Crippen molar-refractivity contribution in [3.05, 3.63) is 51.5 Å². The lowest BCUT2D eigenvalue weighted by atomic mass is 9.85. The molecule has 4 rings (SSSR count). The monoisotopic (exact) mass is 340 g/mol. The Bertz CT molecular complexity index is 743. The van der Waals surface area contributed by atoms with Gasteiger partial charge in [-0.05, 0) is 24.3 Å². The van der Waals surface area contributed by atoms with Crippen molar-refractivity contribution in [2.75, 3.05) is 6.67 Å². The highest BCUT2D eigenvalue weighted by Gasteiger charge is 2.37. The number of nitro groups is 1. The second-order valence-corrected chi connectivity index (χ2v) is 7.35. The zero-order chi connectivity index (χ0) is 17.4. The molecule has 2 heterocycles. The molecule has 3 aliphatic rings. The standard InChI is InChI=1S/C19H24N4O2/c1-14-5-2-3-8-17(14)22-13-21(19-18(22)9-10-20-19)12-15-6-4-7-16(11-15)23(24)25/h4,6-7,10-11,14,17H,2-3,5,8-9,12-13H2,1H3/t14-,17+/m1/s1. The second kappa shape index (κ2) is 6.50. The van der Waals surface area contributed by atoms with Gasteiger partial charge in [0.05, 0.1) is 17.3 Å². The van der Waals surface area contributed by atoms with E-state index >= 15 is 0 Å². The Kier molecular flexibility index (Phi) is 4.19. The van der Waals surface area contributed by atoms with E-state index in [0.717, 1.165) is 24.5 Å². The molecule has 0 amide bonds. The summed E-state index contributed by atoms with van der Waals surface area (Å²) < 4.78 is 0. The number of hydrogen-bond donors (Lipinski definition) is 0. The maximum atomic E-state index is 11.0. The van der Waals surface area contributed by atoms with E-state index < -0.39 is 0 Å². The number of benzene rings is 1. The first-order valence-corrected chi connectivity index (χ1v) is 9.14. The molecule has 1 fully saturated rings. The van der Waals surface area contributed by atoms with Gasteiger partial charge in [0, 0.05) is 37.4 Å². The van der Waals surface area contributed by atoms with Gasteiger partial charge in [-0.3, -0.25) is 10.1 Å². The quantitative estimate of drug-likeness (QED) is 0.616. The molecule has 132 valence electrons. The molecule has 6 nitrogen and oxygen atoms in total. The van der Waals surface area contributed by atoms with E-state index in [0.29, 0.717) is 18.5 Å². The molecule has 0 N–H and O–H groups in total. The summed E-state index contributed by atoms with van der Waals surface area (Å²) in [6.45, 7) is 3.87. The van der Waals surface area contributed by atoms with E-state index in [-0.39, 0.29) is 10.6 Å². The van der Waals surface area contributed by atoms with Crippen molar-refractivity contribution >= 4 is 11.9 Å². The minimum Gasteiger partial charge on any atom is -0.351 e. The maximum Gasteiger partial charge on any atom is 0.269 e. The molecular formula is C19H24N4O2. The third-order valence-electron chi connectivity index (χ3n) is 5.69. The van der Waals surface area contributed by atoms with Gasteiger partial charge in [-0.15, -0.1) is 0 Å². The zero-order valence-electron chi connectivity index (χ0n) is 14.6. The number of aliphatic imine (C=N–C) groups is 1. The third kappa shape index (κ3) is 3.01. The zero-order valence-corrected chi connectivity index (χ0v) is 14.6. The molecule has 0 saturated heterocycles. The molecule has 2 aliphatic heterocycles. The SMILES string of the molecule is C[C@@H]1CCCC[C@@H]1N1CN(Cc2cccc([N+](=O)[O-])c2)C2=C1CC=N2. The molecule has 25 heavy (non-hydrogen) atoms. The first kappa shape index (κ1) is 16.1.